The van der Waals surface area contributed by atoms with Crippen molar-refractivity contribution in [3.63, 3.8) is 0 Å². The van der Waals surface area contributed by atoms with Gasteiger partial charge in [0.25, 0.3) is 0 Å². The third-order valence-corrected chi connectivity index (χ3v) is 5.68. The third kappa shape index (κ3) is 3.01. The molecule has 0 heterocycles. The van der Waals surface area contributed by atoms with E-state index in [1.54, 1.807) is 0 Å². The number of hydrogen-bond acceptors (Lipinski definition) is 2. The van der Waals surface area contributed by atoms with Crippen LogP contribution in [0.1, 0.15) is 11.1 Å². The molecule has 0 atom stereocenters. The molecule has 0 spiro atoms. The van der Waals surface area contributed by atoms with Crippen molar-refractivity contribution >= 4 is 32.3 Å². The van der Waals surface area contributed by atoms with Gasteiger partial charge in [0.05, 0.1) is 6.61 Å². The molecule has 138 valence electrons. The molecule has 0 bridgehead atoms. The molecule has 0 unspecified atom stereocenters. The molecule has 0 aliphatic heterocycles. The average molecular weight is 365 g/mol. The van der Waals surface area contributed by atoms with Gasteiger partial charge in [-0.15, -0.1) is 0 Å². The summed E-state index contributed by atoms with van der Waals surface area (Å²) in [7, 11) is 0. The molecule has 2 nitrogen and oxygen atoms in total. The van der Waals surface area contributed by atoms with E-state index in [0.29, 0.717) is 6.54 Å². The van der Waals surface area contributed by atoms with Gasteiger partial charge in [-0.1, -0.05) is 84.9 Å². The van der Waals surface area contributed by atoms with Gasteiger partial charge in [0.1, 0.15) is 0 Å². The second-order valence-corrected chi connectivity index (χ2v) is 7.50. The first-order valence-electron chi connectivity index (χ1n) is 9.86. The largest absolute Gasteiger partial charge is 0.395 e. The molecule has 0 fully saturated rings. The maximum atomic E-state index is 9.59. The fraction of sp³-hybridized carbons (Fsp3) is 0.154. The van der Waals surface area contributed by atoms with Crippen molar-refractivity contribution in [2.24, 2.45) is 0 Å². The lowest BCUT2D eigenvalue weighted by atomic mass is 9.92. The predicted octanol–water partition coefficient (Wildman–Crippen LogP) is 5.58. The molecule has 1 N–H and O–H groups in total. The Labute approximate surface area is 165 Å². The van der Waals surface area contributed by atoms with E-state index < -0.39 is 0 Å². The van der Waals surface area contributed by atoms with Crippen LogP contribution in [0, 0.1) is 0 Å². The third-order valence-electron chi connectivity index (χ3n) is 5.68. The van der Waals surface area contributed by atoms with Gasteiger partial charge in [-0.05, 0) is 43.4 Å². The summed E-state index contributed by atoms with van der Waals surface area (Å²) in [5.41, 5.74) is 2.59. The molecule has 0 saturated carbocycles. The van der Waals surface area contributed by atoms with Crippen LogP contribution in [0.2, 0.25) is 0 Å². The summed E-state index contributed by atoms with van der Waals surface area (Å²) in [6.45, 7) is 2.49. The zero-order valence-electron chi connectivity index (χ0n) is 15.8. The highest BCUT2D eigenvalue weighted by molar-refractivity contribution is 6.23. The van der Waals surface area contributed by atoms with E-state index in [1.807, 2.05) is 6.07 Å². The fourth-order valence-electron chi connectivity index (χ4n) is 4.37. The molecule has 0 radical (unpaired) electrons. The molecule has 5 rings (SSSR count). The molecule has 2 heteroatoms. The maximum Gasteiger partial charge on any atom is 0.0558 e. The number of nitrogens with zero attached hydrogens (tertiary/aromatic N) is 1. The van der Waals surface area contributed by atoms with Crippen molar-refractivity contribution in [1.29, 1.82) is 0 Å². The quantitative estimate of drug-likeness (QED) is 0.397. The van der Waals surface area contributed by atoms with E-state index in [1.165, 1.54) is 43.4 Å². The smallest absolute Gasteiger partial charge is 0.0558 e. The minimum atomic E-state index is 0.165. The van der Waals surface area contributed by atoms with Crippen LogP contribution in [-0.2, 0) is 13.1 Å². The van der Waals surface area contributed by atoms with Crippen molar-refractivity contribution in [1.82, 2.24) is 4.90 Å². The van der Waals surface area contributed by atoms with Gasteiger partial charge in [0.15, 0.2) is 0 Å². The van der Waals surface area contributed by atoms with Gasteiger partial charge >= 0.3 is 0 Å². The van der Waals surface area contributed by atoms with Crippen molar-refractivity contribution in [2.45, 2.75) is 13.1 Å². The summed E-state index contributed by atoms with van der Waals surface area (Å²) in [5.74, 6) is 0. The standard InChI is InChI=1S/C26H23NO/c28-16-15-27(17-19-5-2-1-3-6-19)18-23-12-11-22-10-9-20-7-4-8-21-13-14-24(23)26(22)25(20)21/h1-14,28H,15-18H2. The Bertz CT molecular complexity index is 1210. The second kappa shape index (κ2) is 7.23. The number of hydrogen-bond donors (Lipinski definition) is 1. The van der Waals surface area contributed by atoms with Crippen molar-refractivity contribution < 1.29 is 5.11 Å². The first-order chi connectivity index (χ1) is 13.8. The normalized spacial score (nSPS) is 11.9. The zero-order valence-corrected chi connectivity index (χ0v) is 15.8. The number of aliphatic hydroxyl groups is 1. The summed E-state index contributed by atoms with van der Waals surface area (Å²) < 4.78 is 0. The molecule has 0 amide bonds. The minimum absolute atomic E-state index is 0.165. The molecular formula is C26H23NO. The van der Waals surface area contributed by atoms with Gasteiger partial charge in [-0.2, -0.15) is 0 Å². The number of rotatable bonds is 6. The highest BCUT2D eigenvalue weighted by Gasteiger charge is 2.13. The Morgan fingerprint density at radius 1 is 0.607 bits per heavy atom. The molecule has 5 aromatic carbocycles. The summed E-state index contributed by atoms with van der Waals surface area (Å²) >= 11 is 0. The van der Waals surface area contributed by atoms with Crippen LogP contribution in [0.4, 0.5) is 0 Å². The predicted molar refractivity (Wildman–Crippen MR) is 118 cm³/mol. The van der Waals surface area contributed by atoms with E-state index >= 15 is 0 Å². The van der Waals surface area contributed by atoms with Crippen LogP contribution in [-0.4, -0.2) is 23.2 Å². The summed E-state index contributed by atoms with van der Waals surface area (Å²) in [4.78, 5) is 2.32. The fourth-order valence-corrected chi connectivity index (χ4v) is 4.37. The molecule has 0 aromatic heterocycles. The monoisotopic (exact) mass is 365 g/mol. The Balaban J connectivity index is 1.59. The summed E-state index contributed by atoms with van der Waals surface area (Å²) in [5, 5.41) is 17.5. The molecule has 0 aliphatic rings. The minimum Gasteiger partial charge on any atom is -0.395 e. The Morgan fingerprint density at radius 2 is 1.29 bits per heavy atom. The van der Waals surface area contributed by atoms with Gasteiger partial charge in [0, 0.05) is 19.6 Å². The molecule has 28 heavy (non-hydrogen) atoms. The van der Waals surface area contributed by atoms with Crippen LogP contribution in [0.15, 0.2) is 84.9 Å². The molecule has 0 saturated heterocycles. The summed E-state index contributed by atoms with van der Waals surface area (Å²) in [6, 6.07) is 30.4. The molecule has 0 aliphatic carbocycles. The Kier molecular flexibility index (Phi) is 4.44. The second-order valence-electron chi connectivity index (χ2n) is 7.50. The van der Waals surface area contributed by atoms with Gasteiger partial charge in [0.2, 0.25) is 0 Å². The van der Waals surface area contributed by atoms with Crippen molar-refractivity contribution in [3.8, 4) is 0 Å². The summed E-state index contributed by atoms with van der Waals surface area (Å²) in [6.07, 6.45) is 0. The van der Waals surface area contributed by atoms with Crippen molar-refractivity contribution in [2.75, 3.05) is 13.2 Å². The van der Waals surface area contributed by atoms with E-state index in [9.17, 15) is 5.11 Å². The maximum absolute atomic E-state index is 9.59. The van der Waals surface area contributed by atoms with E-state index in [2.05, 4.69) is 83.8 Å². The van der Waals surface area contributed by atoms with Gasteiger partial charge < -0.3 is 5.11 Å². The topological polar surface area (TPSA) is 23.5 Å². The highest BCUT2D eigenvalue weighted by atomic mass is 16.3. The van der Waals surface area contributed by atoms with E-state index in [0.717, 1.165) is 13.1 Å². The number of aliphatic hydroxyl groups excluding tert-OH is 1. The average Bonchev–Trinajstić information content (AvgIpc) is 2.74. The Morgan fingerprint density at radius 3 is 2.04 bits per heavy atom. The first kappa shape index (κ1) is 17.2. The lowest BCUT2D eigenvalue weighted by Crippen LogP contribution is -2.26. The van der Waals surface area contributed by atoms with E-state index in [4.69, 9.17) is 0 Å². The van der Waals surface area contributed by atoms with E-state index in [-0.39, 0.29) is 6.61 Å². The van der Waals surface area contributed by atoms with Crippen molar-refractivity contribution in [3.05, 3.63) is 96.1 Å². The van der Waals surface area contributed by atoms with Crippen LogP contribution >= 0.6 is 0 Å². The molecular weight excluding hydrogens is 342 g/mol. The highest BCUT2D eigenvalue weighted by Crippen LogP contribution is 2.36. The van der Waals surface area contributed by atoms with Crippen LogP contribution < -0.4 is 0 Å². The van der Waals surface area contributed by atoms with Gasteiger partial charge in [-0.25, -0.2) is 0 Å². The van der Waals surface area contributed by atoms with Crippen LogP contribution in [0.5, 0.6) is 0 Å². The zero-order chi connectivity index (χ0) is 18.9. The SMILES string of the molecule is OCCN(Cc1ccccc1)Cc1ccc2ccc3cccc4ccc1c2c34. The van der Waals surface area contributed by atoms with Crippen LogP contribution in [0.25, 0.3) is 32.3 Å². The lowest BCUT2D eigenvalue weighted by Gasteiger charge is -2.23. The van der Waals surface area contributed by atoms with Gasteiger partial charge in [-0.3, -0.25) is 4.90 Å². The lowest BCUT2D eigenvalue weighted by molar-refractivity contribution is 0.185. The number of benzene rings is 5. The Hall–Kier alpha value is -2.94. The molecule has 5 aromatic rings. The van der Waals surface area contributed by atoms with Crippen LogP contribution in [0.3, 0.4) is 0 Å². The first-order valence-corrected chi connectivity index (χ1v) is 9.86.